The summed E-state index contributed by atoms with van der Waals surface area (Å²) in [5.41, 5.74) is 0.981. The van der Waals surface area contributed by atoms with Gasteiger partial charge in [0.05, 0.1) is 11.5 Å². The van der Waals surface area contributed by atoms with Gasteiger partial charge in [-0.3, -0.25) is 0 Å². The Kier molecular flexibility index (Phi) is 5.43. The molecule has 2 N–H and O–H groups in total. The van der Waals surface area contributed by atoms with Crippen molar-refractivity contribution in [2.45, 2.75) is 50.7 Å². The van der Waals surface area contributed by atoms with Gasteiger partial charge in [0.2, 0.25) is 10.0 Å². The van der Waals surface area contributed by atoms with Crippen molar-refractivity contribution in [2.24, 2.45) is 0 Å². The highest BCUT2D eigenvalue weighted by Crippen LogP contribution is 2.20. The molecule has 0 aromatic carbocycles. The van der Waals surface area contributed by atoms with Crippen LogP contribution in [0.15, 0.2) is 17.2 Å². The number of hydrogen-bond donors (Lipinski definition) is 2. The first-order chi connectivity index (χ1) is 9.94. The van der Waals surface area contributed by atoms with Gasteiger partial charge in [0.25, 0.3) is 0 Å². The molecule has 0 aliphatic carbocycles. The second kappa shape index (κ2) is 6.91. The summed E-state index contributed by atoms with van der Waals surface area (Å²) in [6.45, 7) is 8.70. The molecular weight excluding hydrogens is 290 g/mol. The van der Waals surface area contributed by atoms with Crippen LogP contribution in [0.25, 0.3) is 0 Å². The third-order valence-electron chi connectivity index (χ3n) is 3.58. The van der Waals surface area contributed by atoms with Gasteiger partial charge >= 0.3 is 0 Å². The van der Waals surface area contributed by atoms with Gasteiger partial charge < -0.3 is 14.6 Å². The number of nitrogens with one attached hydrogen (secondary N) is 2. The van der Waals surface area contributed by atoms with Crippen LogP contribution in [0.5, 0.6) is 0 Å². The molecule has 1 aliphatic rings. The number of ether oxygens (including phenoxy) is 1. The van der Waals surface area contributed by atoms with Gasteiger partial charge in [-0.1, -0.05) is 6.92 Å². The molecule has 1 saturated heterocycles. The molecule has 6 nitrogen and oxygen atoms in total. The maximum atomic E-state index is 12.4. The Hall–Kier alpha value is -0.890. The zero-order valence-corrected chi connectivity index (χ0v) is 13.7. The van der Waals surface area contributed by atoms with Crippen molar-refractivity contribution in [2.75, 3.05) is 19.8 Å². The third kappa shape index (κ3) is 4.06. The molecule has 1 aliphatic heterocycles. The van der Waals surface area contributed by atoms with E-state index in [1.807, 2.05) is 25.3 Å². The fourth-order valence-electron chi connectivity index (χ4n) is 2.43. The van der Waals surface area contributed by atoms with Gasteiger partial charge in [-0.25, -0.2) is 13.1 Å². The minimum atomic E-state index is -3.48. The van der Waals surface area contributed by atoms with Crippen molar-refractivity contribution < 1.29 is 13.2 Å². The van der Waals surface area contributed by atoms with E-state index in [-0.39, 0.29) is 12.1 Å². The number of hydrogen-bond acceptors (Lipinski definition) is 4. The highest BCUT2D eigenvalue weighted by Gasteiger charge is 2.25. The molecule has 1 unspecified atom stereocenters. The van der Waals surface area contributed by atoms with Crippen LogP contribution in [0.4, 0.5) is 0 Å². The normalized spacial score (nSPS) is 19.5. The van der Waals surface area contributed by atoms with Crippen molar-refractivity contribution in [1.29, 1.82) is 0 Å². The lowest BCUT2D eigenvalue weighted by molar-refractivity contribution is 0.192. The fraction of sp³-hybridized carbons (Fsp3) is 0.714. The van der Waals surface area contributed by atoms with E-state index in [9.17, 15) is 8.42 Å². The van der Waals surface area contributed by atoms with Crippen molar-refractivity contribution in [3.63, 3.8) is 0 Å². The smallest absolute Gasteiger partial charge is 0.242 e. The van der Waals surface area contributed by atoms with Crippen LogP contribution in [0, 0.1) is 0 Å². The van der Waals surface area contributed by atoms with Crippen LogP contribution in [0.1, 0.15) is 38.9 Å². The molecule has 2 rings (SSSR count). The molecular formula is C14H25N3O3S. The van der Waals surface area contributed by atoms with E-state index >= 15 is 0 Å². The monoisotopic (exact) mass is 315 g/mol. The lowest BCUT2D eigenvalue weighted by Gasteiger charge is -2.12. The molecule has 2 heterocycles. The fourth-order valence-corrected chi connectivity index (χ4v) is 3.74. The molecule has 1 fully saturated rings. The Labute approximate surface area is 126 Å². The SMILES string of the molecule is CCNCc1cc(S(=O)(=O)NC2CCOC2)cn1C(C)C. The topological polar surface area (TPSA) is 72.4 Å². The number of aromatic nitrogens is 1. The molecule has 21 heavy (non-hydrogen) atoms. The van der Waals surface area contributed by atoms with Crippen LogP contribution in [-0.4, -0.2) is 38.8 Å². The Morgan fingerprint density at radius 1 is 1.48 bits per heavy atom. The average Bonchev–Trinajstić information content (AvgIpc) is 3.04. The minimum absolute atomic E-state index is 0.116. The van der Waals surface area contributed by atoms with Gasteiger partial charge in [-0.2, -0.15) is 0 Å². The molecule has 0 bridgehead atoms. The number of sulfonamides is 1. The third-order valence-corrected chi connectivity index (χ3v) is 5.07. The quantitative estimate of drug-likeness (QED) is 0.794. The minimum Gasteiger partial charge on any atom is -0.380 e. The largest absolute Gasteiger partial charge is 0.380 e. The van der Waals surface area contributed by atoms with Crippen LogP contribution in [0.2, 0.25) is 0 Å². The summed E-state index contributed by atoms with van der Waals surface area (Å²) in [7, 11) is -3.48. The second-order valence-corrected chi connectivity index (χ2v) is 7.34. The van der Waals surface area contributed by atoms with Gasteiger partial charge in [0.1, 0.15) is 0 Å². The summed E-state index contributed by atoms with van der Waals surface area (Å²) in [6.07, 6.45) is 2.45. The maximum Gasteiger partial charge on any atom is 0.242 e. The molecule has 0 saturated carbocycles. The summed E-state index contributed by atoms with van der Waals surface area (Å²) < 4.78 is 34.8. The van der Waals surface area contributed by atoms with Crippen molar-refractivity contribution in [1.82, 2.24) is 14.6 Å². The van der Waals surface area contributed by atoms with Crippen molar-refractivity contribution >= 4 is 10.0 Å². The van der Waals surface area contributed by atoms with E-state index < -0.39 is 10.0 Å². The number of rotatable bonds is 7. The Balaban J connectivity index is 2.21. The summed E-state index contributed by atoms with van der Waals surface area (Å²) in [5.74, 6) is 0. The summed E-state index contributed by atoms with van der Waals surface area (Å²) in [5, 5.41) is 3.24. The van der Waals surface area contributed by atoms with Gasteiger partial charge in [-0.15, -0.1) is 0 Å². The van der Waals surface area contributed by atoms with Crippen LogP contribution < -0.4 is 10.0 Å². The maximum absolute atomic E-state index is 12.4. The predicted molar refractivity (Wildman–Crippen MR) is 81.7 cm³/mol. The number of nitrogens with zero attached hydrogens (tertiary/aromatic N) is 1. The van der Waals surface area contributed by atoms with Crippen molar-refractivity contribution in [3.8, 4) is 0 Å². The van der Waals surface area contributed by atoms with Gasteiger partial charge in [0.15, 0.2) is 0 Å². The summed E-state index contributed by atoms with van der Waals surface area (Å²) >= 11 is 0. The average molecular weight is 315 g/mol. The van der Waals surface area contributed by atoms with E-state index in [1.165, 1.54) is 0 Å². The first-order valence-electron chi connectivity index (χ1n) is 7.45. The van der Waals surface area contributed by atoms with Crippen molar-refractivity contribution in [3.05, 3.63) is 18.0 Å². The molecule has 1 aromatic heterocycles. The second-order valence-electron chi connectivity index (χ2n) is 5.63. The first kappa shape index (κ1) is 16.5. The highest BCUT2D eigenvalue weighted by molar-refractivity contribution is 7.89. The molecule has 1 aromatic rings. The first-order valence-corrected chi connectivity index (χ1v) is 8.94. The Bertz CT molecular complexity index is 560. The molecule has 7 heteroatoms. The molecule has 0 spiro atoms. The zero-order valence-electron chi connectivity index (χ0n) is 12.9. The lowest BCUT2D eigenvalue weighted by atomic mass is 10.3. The van der Waals surface area contributed by atoms with E-state index in [1.54, 1.807) is 12.3 Å². The molecule has 120 valence electrons. The zero-order chi connectivity index (χ0) is 15.5. The van der Waals surface area contributed by atoms with Crippen LogP contribution in [0.3, 0.4) is 0 Å². The van der Waals surface area contributed by atoms with E-state index in [4.69, 9.17) is 4.74 Å². The molecule has 1 atom stereocenters. The Morgan fingerprint density at radius 3 is 2.81 bits per heavy atom. The standard InChI is InChI=1S/C14H25N3O3S/c1-4-15-8-13-7-14(9-17(13)11(2)3)21(18,19)16-12-5-6-20-10-12/h7,9,11-12,15-16H,4-6,8,10H2,1-3H3. The van der Waals surface area contributed by atoms with Crippen LogP contribution >= 0.6 is 0 Å². The molecule has 0 amide bonds. The van der Waals surface area contributed by atoms with Crippen LogP contribution in [-0.2, 0) is 21.3 Å². The Morgan fingerprint density at radius 2 is 2.24 bits per heavy atom. The van der Waals surface area contributed by atoms with Gasteiger partial charge in [0, 0.05) is 37.1 Å². The summed E-state index contributed by atoms with van der Waals surface area (Å²) in [6, 6.07) is 1.85. The van der Waals surface area contributed by atoms with Gasteiger partial charge in [-0.05, 0) is 32.9 Å². The lowest BCUT2D eigenvalue weighted by Crippen LogP contribution is -2.34. The summed E-state index contributed by atoms with van der Waals surface area (Å²) in [4.78, 5) is 0.330. The predicted octanol–water partition coefficient (Wildman–Crippen LogP) is 1.25. The molecule has 0 radical (unpaired) electrons. The van der Waals surface area contributed by atoms with E-state index in [0.29, 0.717) is 24.7 Å². The van der Waals surface area contributed by atoms with E-state index in [0.717, 1.165) is 18.7 Å². The van der Waals surface area contributed by atoms with E-state index in [2.05, 4.69) is 10.0 Å². The highest BCUT2D eigenvalue weighted by atomic mass is 32.2.